The van der Waals surface area contributed by atoms with E-state index in [9.17, 15) is 31.5 Å². The molecule has 1 aliphatic heterocycles. The highest BCUT2D eigenvalue weighted by Crippen LogP contribution is 2.48. The Morgan fingerprint density at radius 3 is 2.57 bits per heavy atom. The topological polar surface area (TPSA) is 130 Å². The van der Waals surface area contributed by atoms with Crippen LogP contribution in [0.1, 0.15) is 28.5 Å². The van der Waals surface area contributed by atoms with Crippen LogP contribution < -0.4 is 21.3 Å². The first-order valence-electron chi connectivity index (χ1n) is 14.4. The molecule has 244 valence electrons. The smallest absolute Gasteiger partial charge is 0.354 e. The molecule has 2 aliphatic rings. The second kappa shape index (κ2) is 11.9. The molecular formula is C29H29F6N9O2. The molecule has 4 aromatic rings. The summed E-state index contributed by atoms with van der Waals surface area (Å²) in [5, 5.41) is 15.0. The number of rotatable bonds is 10. The minimum atomic E-state index is -4.93. The summed E-state index contributed by atoms with van der Waals surface area (Å²) in [4.78, 5) is 33.7. The van der Waals surface area contributed by atoms with Crippen LogP contribution in [-0.2, 0) is 17.5 Å². The predicted octanol–water partition coefficient (Wildman–Crippen LogP) is 3.77. The third-order valence-corrected chi connectivity index (χ3v) is 8.19. The maximum atomic E-state index is 15.3. The zero-order chi connectivity index (χ0) is 32.9. The Morgan fingerprint density at radius 2 is 1.89 bits per heavy atom. The zero-order valence-electron chi connectivity index (χ0n) is 24.5. The monoisotopic (exact) mass is 649 g/mol. The summed E-state index contributed by atoms with van der Waals surface area (Å²) in [5.74, 6) is -0.789. The van der Waals surface area contributed by atoms with Gasteiger partial charge in [0.25, 0.3) is 12.3 Å². The van der Waals surface area contributed by atoms with Gasteiger partial charge in [-0.05, 0) is 56.5 Å². The highest BCUT2D eigenvalue weighted by molar-refractivity contribution is 5.96. The van der Waals surface area contributed by atoms with Gasteiger partial charge in [-0.2, -0.15) is 18.3 Å². The molecule has 6 rings (SSSR count). The largest absolute Gasteiger partial charge is 0.435 e. The van der Waals surface area contributed by atoms with Crippen molar-refractivity contribution in [3.63, 3.8) is 0 Å². The SMILES string of the molecule is Cc1cc(Nc2nccn3c(-c4cn(CC(F)F)nc4C(F)(F)F)cnc23)cc(F)c1C(=O)N[C@H](C)CNC(=O)[C@@H]1[C@@H]2CNC[C@@H]21. The Balaban J connectivity index is 1.17. The summed E-state index contributed by atoms with van der Waals surface area (Å²) < 4.78 is 84.0. The minimum absolute atomic E-state index is 0.00732. The first kappa shape index (κ1) is 31.3. The number of aromatic nitrogens is 5. The number of fused-ring (bicyclic) bond motifs is 2. The number of nitrogens with one attached hydrogen (secondary N) is 4. The number of aryl methyl sites for hydroxylation is 1. The lowest BCUT2D eigenvalue weighted by Gasteiger charge is -2.17. The van der Waals surface area contributed by atoms with Crippen molar-refractivity contribution in [1.29, 1.82) is 0 Å². The molecule has 2 fully saturated rings. The molecule has 3 aromatic heterocycles. The van der Waals surface area contributed by atoms with Gasteiger partial charge in [-0.25, -0.2) is 23.1 Å². The average Bonchev–Trinajstić information content (AvgIpc) is 3.37. The number of nitrogens with zero attached hydrogens (tertiary/aromatic N) is 5. The fraction of sp³-hybridized carbons (Fsp3) is 0.414. The maximum absolute atomic E-state index is 15.3. The van der Waals surface area contributed by atoms with Crippen molar-refractivity contribution < 1.29 is 35.9 Å². The van der Waals surface area contributed by atoms with Crippen molar-refractivity contribution in [3.8, 4) is 11.3 Å². The van der Waals surface area contributed by atoms with Crippen molar-refractivity contribution in [2.45, 2.75) is 39.0 Å². The van der Waals surface area contributed by atoms with Crippen molar-refractivity contribution in [3.05, 3.63) is 59.6 Å². The number of halogens is 6. The summed E-state index contributed by atoms with van der Waals surface area (Å²) in [6.45, 7) is 4.05. The van der Waals surface area contributed by atoms with Gasteiger partial charge in [0.1, 0.15) is 12.4 Å². The van der Waals surface area contributed by atoms with Crippen LogP contribution in [0.3, 0.4) is 0 Å². The molecule has 11 nitrogen and oxygen atoms in total. The van der Waals surface area contributed by atoms with Crippen LogP contribution in [0.25, 0.3) is 16.9 Å². The molecule has 1 aliphatic carbocycles. The number of carbonyl (C=O) groups excluding carboxylic acids is 2. The number of amides is 2. The van der Waals surface area contributed by atoms with Gasteiger partial charge in [0.05, 0.1) is 23.0 Å². The van der Waals surface area contributed by atoms with Crippen LogP contribution in [-0.4, -0.2) is 68.1 Å². The standard InChI is InChI=1S/C29H29F6N9O2/c1-13-5-15(6-19(30)22(13)28(46)40-14(2)7-39-27(45)23-16-8-36-9-17(16)23)41-25-26-38-10-20(44(26)4-3-37-25)18-11-43(12-21(31)32)42-24(18)29(33,34)35/h3-6,10-11,14,16-17,21,23,36H,7-9,12H2,1-2H3,(H,37,41)(H,39,45)(H,40,46)/t14-,16-,17+,23-/m1/s1. The van der Waals surface area contributed by atoms with Crippen LogP contribution in [0, 0.1) is 30.5 Å². The molecule has 0 unspecified atom stereocenters. The van der Waals surface area contributed by atoms with E-state index in [0.29, 0.717) is 16.5 Å². The Morgan fingerprint density at radius 1 is 1.15 bits per heavy atom. The Hall–Kier alpha value is -4.67. The van der Waals surface area contributed by atoms with Crippen molar-refractivity contribution >= 4 is 29.0 Å². The lowest BCUT2D eigenvalue weighted by atomic mass is 10.1. The Labute approximate surface area is 257 Å². The fourth-order valence-corrected chi connectivity index (χ4v) is 6.03. The first-order chi connectivity index (χ1) is 21.8. The maximum Gasteiger partial charge on any atom is 0.435 e. The van der Waals surface area contributed by atoms with E-state index in [0.717, 1.165) is 31.5 Å². The van der Waals surface area contributed by atoms with Crippen LogP contribution in [0.2, 0.25) is 0 Å². The van der Waals surface area contributed by atoms with Crippen LogP contribution in [0.4, 0.5) is 37.8 Å². The summed E-state index contributed by atoms with van der Waals surface area (Å²) in [5.41, 5.74) is -1.56. The van der Waals surface area contributed by atoms with Gasteiger partial charge >= 0.3 is 6.18 Å². The average molecular weight is 650 g/mol. The summed E-state index contributed by atoms with van der Waals surface area (Å²) in [7, 11) is 0. The number of carbonyl (C=O) groups is 2. The molecule has 46 heavy (non-hydrogen) atoms. The van der Waals surface area contributed by atoms with Gasteiger partial charge in [0.15, 0.2) is 17.2 Å². The van der Waals surface area contributed by atoms with E-state index in [2.05, 4.69) is 36.3 Å². The minimum Gasteiger partial charge on any atom is -0.354 e. The van der Waals surface area contributed by atoms with E-state index in [1.54, 1.807) is 6.92 Å². The molecule has 1 saturated carbocycles. The van der Waals surface area contributed by atoms with E-state index in [-0.39, 0.29) is 52.3 Å². The lowest BCUT2D eigenvalue weighted by molar-refractivity contribution is -0.141. The number of imidazole rings is 1. The molecule has 2 amide bonds. The van der Waals surface area contributed by atoms with Gasteiger partial charge in [-0.1, -0.05) is 0 Å². The highest BCUT2D eigenvalue weighted by atomic mass is 19.4. The second-order valence-corrected chi connectivity index (χ2v) is 11.5. The molecular weight excluding hydrogens is 620 g/mol. The number of alkyl halides is 5. The Kier molecular flexibility index (Phi) is 8.12. The molecule has 17 heteroatoms. The van der Waals surface area contributed by atoms with Crippen molar-refractivity contribution in [2.24, 2.45) is 17.8 Å². The predicted molar refractivity (Wildman–Crippen MR) is 153 cm³/mol. The Bertz CT molecular complexity index is 1770. The zero-order valence-corrected chi connectivity index (χ0v) is 24.5. The van der Waals surface area contributed by atoms with E-state index in [1.807, 2.05) is 0 Å². The fourth-order valence-electron chi connectivity index (χ4n) is 6.03. The van der Waals surface area contributed by atoms with E-state index >= 15 is 4.39 Å². The molecule has 4 atom stereocenters. The summed E-state index contributed by atoms with van der Waals surface area (Å²) in [6, 6.07) is 2.09. The number of hydrogen-bond donors (Lipinski definition) is 4. The molecule has 1 aromatic carbocycles. The normalized spacial score (nSPS) is 19.7. The molecule has 0 radical (unpaired) electrons. The van der Waals surface area contributed by atoms with E-state index in [1.165, 1.54) is 29.8 Å². The van der Waals surface area contributed by atoms with Gasteiger partial charge < -0.3 is 21.3 Å². The molecule has 0 bridgehead atoms. The van der Waals surface area contributed by atoms with Crippen LogP contribution >= 0.6 is 0 Å². The molecule has 0 spiro atoms. The number of anilines is 2. The second-order valence-electron chi connectivity index (χ2n) is 11.5. The number of piperidine rings is 1. The van der Waals surface area contributed by atoms with E-state index in [4.69, 9.17) is 0 Å². The van der Waals surface area contributed by atoms with Crippen molar-refractivity contribution in [2.75, 3.05) is 25.0 Å². The van der Waals surface area contributed by atoms with Gasteiger partial charge in [-0.15, -0.1) is 0 Å². The third-order valence-electron chi connectivity index (χ3n) is 8.19. The van der Waals surface area contributed by atoms with E-state index < -0.39 is 48.2 Å². The highest BCUT2D eigenvalue weighted by Gasteiger charge is 2.56. The van der Waals surface area contributed by atoms with Crippen LogP contribution in [0.5, 0.6) is 0 Å². The number of benzene rings is 1. The molecule has 4 heterocycles. The summed E-state index contributed by atoms with van der Waals surface area (Å²) in [6.07, 6.45) is -3.24. The van der Waals surface area contributed by atoms with Gasteiger partial charge in [0, 0.05) is 42.8 Å². The first-order valence-corrected chi connectivity index (χ1v) is 14.4. The lowest BCUT2D eigenvalue weighted by Crippen LogP contribution is -2.43. The molecule has 1 saturated heterocycles. The van der Waals surface area contributed by atoms with Gasteiger partial charge in [-0.3, -0.25) is 18.7 Å². The third kappa shape index (κ3) is 6.10. The summed E-state index contributed by atoms with van der Waals surface area (Å²) >= 11 is 0. The van der Waals surface area contributed by atoms with Crippen molar-refractivity contribution in [1.82, 2.24) is 40.1 Å². The van der Waals surface area contributed by atoms with Crippen LogP contribution in [0.15, 0.2) is 36.9 Å². The molecule has 4 N–H and O–H groups in total. The quantitative estimate of drug-likeness (QED) is 0.193. The number of hydrogen-bond acceptors (Lipinski definition) is 7. The van der Waals surface area contributed by atoms with Gasteiger partial charge in [0.2, 0.25) is 5.91 Å².